The van der Waals surface area contributed by atoms with Crippen LogP contribution in [0.3, 0.4) is 0 Å². The van der Waals surface area contributed by atoms with Crippen LogP contribution in [0, 0.1) is 6.92 Å². The van der Waals surface area contributed by atoms with Crippen molar-refractivity contribution in [2.75, 3.05) is 33.9 Å². The second kappa shape index (κ2) is 12.0. The fourth-order valence-corrected chi connectivity index (χ4v) is 3.94. The molecule has 0 radical (unpaired) electrons. The first-order chi connectivity index (χ1) is 13.6. The lowest BCUT2D eigenvalue weighted by atomic mass is 9.94. The van der Waals surface area contributed by atoms with Gasteiger partial charge in [-0.25, -0.2) is 0 Å². The molecule has 0 aromatic heterocycles. The third-order valence-electron chi connectivity index (χ3n) is 5.90. The van der Waals surface area contributed by atoms with E-state index in [0.29, 0.717) is 19.2 Å². The highest BCUT2D eigenvalue weighted by Crippen LogP contribution is 2.28. The quantitative estimate of drug-likeness (QED) is 0.328. The molecule has 0 spiro atoms. The van der Waals surface area contributed by atoms with E-state index in [1.165, 1.54) is 18.4 Å². The maximum absolute atomic E-state index is 6.31. The first-order valence-corrected chi connectivity index (χ1v) is 10.5. The minimum Gasteiger partial charge on any atom is -0.490 e. The zero-order chi connectivity index (χ0) is 19.8. The minimum absolute atomic E-state index is 0. The zero-order valence-electron chi connectivity index (χ0n) is 18.0. The summed E-state index contributed by atoms with van der Waals surface area (Å²) in [6, 6.07) is 6.43. The van der Waals surface area contributed by atoms with E-state index in [1.54, 1.807) is 14.2 Å². The molecule has 7 heteroatoms. The summed E-state index contributed by atoms with van der Waals surface area (Å²) in [7, 11) is 3.58. The summed E-state index contributed by atoms with van der Waals surface area (Å²) in [5.41, 5.74) is 2.20. The highest BCUT2D eigenvalue weighted by atomic mass is 127. The SMILES string of the molecule is CN=C(NCc1ccc(C)cc1OC1CCCC1)NCC1(OC)CCOCC1.I. The highest BCUT2D eigenvalue weighted by molar-refractivity contribution is 14.0. The van der Waals surface area contributed by atoms with Gasteiger partial charge in [0.2, 0.25) is 0 Å². The lowest BCUT2D eigenvalue weighted by molar-refractivity contribution is -0.0855. The van der Waals surface area contributed by atoms with E-state index in [2.05, 4.69) is 40.7 Å². The van der Waals surface area contributed by atoms with E-state index >= 15 is 0 Å². The number of methoxy groups -OCH3 is 1. The van der Waals surface area contributed by atoms with Gasteiger partial charge in [-0.2, -0.15) is 0 Å². The van der Waals surface area contributed by atoms with Crippen molar-refractivity contribution in [3.63, 3.8) is 0 Å². The van der Waals surface area contributed by atoms with E-state index in [1.807, 2.05) is 0 Å². The van der Waals surface area contributed by atoms with Crippen molar-refractivity contribution in [3.05, 3.63) is 29.3 Å². The number of hydrogen-bond donors (Lipinski definition) is 2. The van der Waals surface area contributed by atoms with Gasteiger partial charge in [0, 0.05) is 58.9 Å². The topological polar surface area (TPSA) is 64.1 Å². The number of hydrogen-bond acceptors (Lipinski definition) is 4. The van der Waals surface area contributed by atoms with Gasteiger partial charge >= 0.3 is 0 Å². The van der Waals surface area contributed by atoms with Gasteiger partial charge in [-0.15, -0.1) is 24.0 Å². The average Bonchev–Trinajstić information content (AvgIpc) is 3.23. The lowest BCUT2D eigenvalue weighted by Crippen LogP contribution is -2.50. The Balaban J connectivity index is 0.00000300. The van der Waals surface area contributed by atoms with Gasteiger partial charge in [-0.3, -0.25) is 4.99 Å². The molecular weight excluding hydrogens is 481 g/mol. The Morgan fingerprint density at radius 2 is 1.93 bits per heavy atom. The minimum atomic E-state index is -0.184. The van der Waals surface area contributed by atoms with Gasteiger partial charge in [0.15, 0.2) is 5.96 Å². The van der Waals surface area contributed by atoms with E-state index in [-0.39, 0.29) is 29.6 Å². The van der Waals surface area contributed by atoms with Gasteiger partial charge in [-0.05, 0) is 44.2 Å². The van der Waals surface area contributed by atoms with Crippen LogP contribution in [0.15, 0.2) is 23.2 Å². The Morgan fingerprint density at radius 1 is 1.21 bits per heavy atom. The first kappa shape index (κ1) is 24.2. The molecule has 2 fully saturated rings. The van der Waals surface area contributed by atoms with Crippen LogP contribution < -0.4 is 15.4 Å². The summed E-state index contributed by atoms with van der Waals surface area (Å²) in [6.07, 6.45) is 7.00. The van der Waals surface area contributed by atoms with Gasteiger partial charge in [-0.1, -0.05) is 12.1 Å². The lowest BCUT2D eigenvalue weighted by Gasteiger charge is -2.36. The van der Waals surface area contributed by atoms with Crippen LogP contribution in [0.1, 0.15) is 49.7 Å². The second-order valence-corrected chi connectivity index (χ2v) is 7.91. The molecule has 29 heavy (non-hydrogen) atoms. The molecular formula is C22H36IN3O3. The molecule has 1 aromatic carbocycles. The molecule has 1 aliphatic carbocycles. The van der Waals surface area contributed by atoms with Crippen LogP contribution in [0.25, 0.3) is 0 Å². The maximum Gasteiger partial charge on any atom is 0.191 e. The van der Waals surface area contributed by atoms with Gasteiger partial charge < -0.3 is 24.8 Å². The maximum atomic E-state index is 6.31. The Kier molecular flexibility index (Phi) is 9.98. The van der Waals surface area contributed by atoms with Crippen molar-refractivity contribution < 1.29 is 14.2 Å². The third kappa shape index (κ3) is 7.00. The highest BCUT2D eigenvalue weighted by Gasteiger charge is 2.32. The molecule has 1 aromatic rings. The van der Waals surface area contributed by atoms with E-state index in [4.69, 9.17) is 14.2 Å². The number of guanidine groups is 1. The van der Waals surface area contributed by atoms with E-state index < -0.39 is 0 Å². The molecule has 0 unspecified atom stereocenters. The summed E-state index contributed by atoms with van der Waals surface area (Å²) in [5, 5.41) is 6.85. The number of ether oxygens (including phenoxy) is 3. The van der Waals surface area contributed by atoms with E-state index in [9.17, 15) is 0 Å². The van der Waals surface area contributed by atoms with Crippen LogP contribution in [0.2, 0.25) is 0 Å². The molecule has 2 N–H and O–H groups in total. The fraction of sp³-hybridized carbons (Fsp3) is 0.682. The summed E-state index contributed by atoms with van der Waals surface area (Å²) in [6.45, 7) is 4.98. The van der Waals surface area contributed by atoms with Crippen molar-refractivity contribution in [2.45, 2.75) is 63.7 Å². The first-order valence-electron chi connectivity index (χ1n) is 10.5. The van der Waals surface area contributed by atoms with Crippen LogP contribution in [-0.4, -0.2) is 51.6 Å². The molecule has 6 nitrogen and oxygen atoms in total. The molecule has 1 heterocycles. The number of halogens is 1. The van der Waals surface area contributed by atoms with Gasteiger partial charge in [0.1, 0.15) is 5.75 Å². The molecule has 3 rings (SSSR count). The predicted molar refractivity (Wildman–Crippen MR) is 127 cm³/mol. The zero-order valence-corrected chi connectivity index (χ0v) is 20.3. The largest absolute Gasteiger partial charge is 0.490 e. The van der Waals surface area contributed by atoms with Crippen molar-refractivity contribution in [1.29, 1.82) is 0 Å². The average molecular weight is 517 g/mol. The molecule has 0 amide bonds. The standard InChI is InChI=1S/C22H35N3O3.HI/c1-17-8-9-18(20(14-17)28-19-6-4-5-7-19)15-24-21(23-2)25-16-22(26-3)10-12-27-13-11-22;/h8-9,14,19H,4-7,10-13,15-16H2,1-3H3,(H2,23,24,25);1H. The van der Waals surface area contributed by atoms with Crippen molar-refractivity contribution in [2.24, 2.45) is 4.99 Å². The van der Waals surface area contributed by atoms with Crippen LogP contribution >= 0.6 is 24.0 Å². The smallest absolute Gasteiger partial charge is 0.191 e. The molecule has 0 atom stereocenters. The fourth-order valence-electron chi connectivity index (χ4n) is 3.94. The van der Waals surface area contributed by atoms with Gasteiger partial charge in [0.25, 0.3) is 0 Å². The monoisotopic (exact) mass is 517 g/mol. The molecule has 164 valence electrons. The normalized spacial score (nSPS) is 19.5. The summed E-state index contributed by atoms with van der Waals surface area (Å²) < 4.78 is 17.6. The number of nitrogens with zero attached hydrogens (tertiary/aromatic N) is 1. The van der Waals surface area contributed by atoms with Crippen molar-refractivity contribution in [1.82, 2.24) is 10.6 Å². The molecule has 2 aliphatic rings. The Morgan fingerprint density at radius 3 is 2.59 bits per heavy atom. The number of aryl methyl sites for hydroxylation is 1. The third-order valence-corrected chi connectivity index (χ3v) is 5.90. The number of rotatable bonds is 7. The number of nitrogens with one attached hydrogen (secondary N) is 2. The number of benzene rings is 1. The van der Waals surface area contributed by atoms with Crippen molar-refractivity contribution >= 4 is 29.9 Å². The van der Waals surface area contributed by atoms with Gasteiger partial charge in [0.05, 0.1) is 11.7 Å². The molecule has 1 saturated heterocycles. The van der Waals surface area contributed by atoms with E-state index in [0.717, 1.165) is 56.2 Å². The Bertz CT molecular complexity index is 657. The van der Waals surface area contributed by atoms with Crippen LogP contribution in [-0.2, 0) is 16.0 Å². The Hall–Kier alpha value is -1.06. The second-order valence-electron chi connectivity index (χ2n) is 7.91. The van der Waals surface area contributed by atoms with Crippen molar-refractivity contribution in [3.8, 4) is 5.75 Å². The van der Waals surface area contributed by atoms with Crippen LogP contribution in [0.4, 0.5) is 0 Å². The molecule has 1 saturated carbocycles. The predicted octanol–water partition coefficient (Wildman–Crippen LogP) is 3.80. The summed E-state index contributed by atoms with van der Waals surface area (Å²) >= 11 is 0. The number of aliphatic imine (C=N–C) groups is 1. The Labute approximate surface area is 192 Å². The molecule has 1 aliphatic heterocycles. The summed E-state index contributed by atoms with van der Waals surface area (Å²) in [5.74, 6) is 1.77. The molecule has 0 bridgehead atoms. The van der Waals surface area contributed by atoms with Crippen LogP contribution in [0.5, 0.6) is 5.75 Å². The summed E-state index contributed by atoms with van der Waals surface area (Å²) in [4.78, 5) is 4.37.